The van der Waals surface area contributed by atoms with Gasteiger partial charge in [-0.2, -0.15) is 0 Å². The third kappa shape index (κ3) is 3.47. The van der Waals surface area contributed by atoms with E-state index in [2.05, 4.69) is 24.2 Å². The van der Waals surface area contributed by atoms with Crippen LogP contribution in [-0.2, 0) is 9.53 Å². The summed E-state index contributed by atoms with van der Waals surface area (Å²) in [5.41, 5.74) is -0.0577. The molecule has 0 spiro atoms. The van der Waals surface area contributed by atoms with Crippen LogP contribution >= 0.6 is 0 Å². The maximum absolute atomic E-state index is 11.4. The minimum atomic E-state index is -0.117. The molecule has 1 aliphatic rings. The Labute approximate surface area is 92.0 Å². The van der Waals surface area contributed by atoms with Gasteiger partial charge >= 0.3 is 5.97 Å². The zero-order chi connectivity index (χ0) is 11.3. The summed E-state index contributed by atoms with van der Waals surface area (Å²) in [7, 11) is 3.54. The van der Waals surface area contributed by atoms with Crippen LogP contribution in [0.2, 0.25) is 0 Å². The molecule has 1 atom stereocenters. The Morgan fingerprint density at radius 3 is 2.80 bits per heavy atom. The van der Waals surface area contributed by atoms with Crippen LogP contribution in [0.15, 0.2) is 0 Å². The Morgan fingerprint density at radius 2 is 2.33 bits per heavy atom. The van der Waals surface area contributed by atoms with Gasteiger partial charge in [0.25, 0.3) is 0 Å². The van der Waals surface area contributed by atoms with Gasteiger partial charge in [-0.25, -0.2) is 0 Å². The second-order valence-electron chi connectivity index (χ2n) is 4.45. The van der Waals surface area contributed by atoms with Gasteiger partial charge in [0, 0.05) is 12.1 Å². The van der Waals surface area contributed by atoms with Gasteiger partial charge in [-0.15, -0.1) is 0 Å². The number of esters is 1. The van der Waals surface area contributed by atoms with Gasteiger partial charge in [-0.3, -0.25) is 4.79 Å². The number of carbonyl (C=O) groups excluding carboxylic acids is 1. The summed E-state index contributed by atoms with van der Waals surface area (Å²) in [5, 5.41) is 3.50. The second kappa shape index (κ2) is 5.47. The van der Waals surface area contributed by atoms with E-state index in [1.54, 1.807) is 0 Å². The van der Waals surface area contributed by atoms with E-state index in [-0.39, 0.29) is 11.5 Å². The first kappa shape index (κ1) is 12.5. The summed E-state index contributed by atoms with van der Waals surface area (Å²) in [5.74, 6) is -0.117. The minimum absolute atomic E-state index is 0.0577. The number of likely N-dealkylation sites (N-methyl/N-ethyl adjacent to an activating group) is 1. The molecule has 1 rings (SSSR count). The van der Waals surface area contributed by atoms with Crippen LogP contribution in [0.5, 0.6) is 0 Å². The number of ether oxygens (including phenoxy) is 1. The van der Waals surface area contributed by atoms with Crippen LogP contribution in [0.25, 0.3) is 0 Å². The summed E-state index contributed by atoms with van der Waals surface area (Å²) in [6, 6.07) is 0. The van der Waals surface area contributed by atoms with Gasteiger partial charge in [0.1, 0.15) is 0 Å². The number of likely N-dealkylation sites (tertiary alicyclic amines) is 1. The van der Waals surface area contributed by atoms with Gasteiger partial charge in [0.05, 0.1) is 13.5 Å². The molecule has 4 nitrogen and oxygen atoms in total. The van der Waals surface area contributed by atoms with Gasteiger partial charge in [-0.05, 0) is 33.0 Å². The van der Waals surface area contributed by atoms with Gasteiger partial charge in [0.2, 0.25) is 0 Å². The Morgan fingerprint density at radius 1 is 1.60 bits per heavy atom. The van der Waals surface area contributed by atoms with Crippen molar-refractivity contribution in [3.63, 3.8) is 0 Å². The summed E-state index contributed by atoms with van der Waals surface area (Å²) >= 11 is 0. The minimum Gasteiger partial charge on any atom is -0.469 e. The summed E-state index contributed by atoms with van der Waals surface area (Å²) in [6.45, 7) is 5.08. The zero-order valence-corrected chi connectivity index (χ0v) is 10.0. The molecule has 4 heteroatoms. The summed E-state index contributed by atoms with van der Waals surface area (Å²) in [6.07, 6.45) is 2.60. The first-order valence-corrected chi connectivity index (χ1v) is 5.62. The molecule has 0 aromatic heterocycles. The third-order valence-corrected chi connectivity index (χ3v) is 3.01. The van der Waals surface area contributed by atoms with Gasteiger partial charge in [-0.1, -0.05) is 6.92 Å². The summed E-state index contributed by atoms with van der Waals surface area (Å²) in [4.78, 5) is 13.6. The third-order valence-electron chi connectivity index (χ3n) is 3.01. The SMILES string of the molecule is CCCNC1(CC(=O)OC)CCN(C)C1. The molecule has 1 unspecified atom stereocenters. The average molecular weight is 214 g/mol. The van der Waals surface area contributed by atoms with Crippen molar-refractivity contribution in [1.82, 2.24) is 10.2 Å². The van der Waals surface area contributed by atoms with Crippen molar-refractivity contribution in [1.29, 1.82) is 0 Å². The zero-order valence-electron chi connectivity index (χ0n) is 10.0. The molecule has 88 valence electrons. The van der Waals surface area contributed by atoms with Gasteiger partial charge < -0.3 is 15.0 Å². The lowest BCUT2D eigenvalue weighted by Gasteiger charge is -2.29. The van der Waals surface area contributed by atoms with Crippen LogP contribution in [0.3, 0.4) is 0 Å². The molecular formula is C11H22N2O2. The van der Waals surface area contributed by atoms with E-state index in [1.165, 1.54) is 7.11 Å². The normalized spacial score (nSPS) is 26.9. The van der Waals surface area contributed by atoms with E-state index < -0.39 is 0 Å². The molecule has 0 aromatic rings. The van der Waals surface area contributed by atoms with E-state index in [0.717, 1.165) is 32.5 Å². The van der Waals surface area contributed by atoms with E-state index in [0.29, 0.717) is 6.42 Å². The number of rotatable bonds is 5. The topological polar surface area (TPSA) is 41.6 Å². The first-order chi connectivity index (χ1) is 7.12. The molecule has 1 heterocycles. The molecule has 0 bridgehead atoms. The Balaban J connectivity index is 2.56. The quantitative estimate of drug-likeness (QED) is 0.681. The monoisotopic (exact) mass is 214 g/mol. The van der Waals surface area contributed by atoms with Crippen LogP contribution in [0, 0.1) is 0 Å². The fourth-order valence-corrected chi connectivity index (χ4v) is 2.17. The number of methoxy groups -OCH3 is 1. The predicted octanol–water partition coefficient (Wildman–Crippen LogP) is 0.623. The molecule has 0 aliphatic carbocycles. The van der Waals surface area contributed by atoms with Crippen molar-refractivity contribution < 1.29 is 9.53 Å². The highest BCUT2D eigenvalue weighted by atomic mass is 16.5. The molecule has 1 aliphatic heterocycles. The number of hydrogen-bond donors (Lipinski definition) is 1. The van der Waals surface area contributed by atoms with E-state index in [9.17, 15) is 4.79 Å². The molecule has 1 saturated heterocycles. The first-order valence-electron chi connectivity index (χ1n) is 5.62. The van der Waals surface area contributed by atoms with Crippen molar-refractivity contribution in [2.75, 3.05) is 33.8 Å². The maximum atomic E-state index is 11.4. The highest BCUT2D eigenvalue weighted by Gasteiger charge is 2.38. The molecule has 0 amide bonds. The highest BCUT2D eigenvalue weighted by molar-refractivity contribution is 5.70. The number of hydrogen-bond acceptors (Lipinski definition) is 4. The van der Waals surface area contributed by atoms with Gasteiger partial charge in [0.15, 0.2) is 0 Å². The lowest BCUT2D eigenvalue weighted by molar-refractivity contribution is -0.142. The van der Waals surface area contributed by atoms with Crippen molar-refractivity contribution in [2.45, 2.75) is 31.7 Å². The maximum Gasteiger partial charge on any atom is 0.307 e. The molecule has 0 aromatic carbocycles. The van der Waals surface area contributed by atoms with E-state index in [4.69, 9.17) is 4.74 Å². The van der Waals surface area contributed by atoms with E-state index in [1.807, 2.05) is 0 Å². The smallest absolute Gasteiger partial charge is 0.307 e. The van der Waals surface area contributed by atoms with E-state index >= 15 is 0 Å². The molecule has 0 saturated carbocycles. The molecular weight excluding hydrogens is 192 g/mol. The lowest BCUT2D eigenvalue weighted by atomic mass is 9.94. The molecule has 15 heavy (non-hydrogen) atoms. The fraction of sp³-hybridized carbons (Fsp3) is 0.909. The standard InChI is InChI=1S/C11H22N2O2/c1-4-6-12-11(8-10(14)15-3)5-7-13(2)9-11/h12H,4-9H2,1-3H3. The van der Waals surface area contributed by atoms with Crippen molar-refractivity contribution in [2.24, 2.45) is 0 Å². The number of nitrogens with zero attached hydrogens (tertiary/aromatic N) is 1. The number of nitrogens with one attached hydrogen (secondary N) is 1. The van der Waals surface area contributed by atoms with Crippen molar-refractivity contribution >= 4 is 5.97 Å². The summed E-state index contributed by atoms with van der Waals surface area (Å²) < 4.78 is 4.75. The highest BCUT2D eigenvalue weighted by Crippen LogP contribution is 2.24. The molecule has 0 radical (unpaired) electrons. The fourth-order valence-electron chi connectivity index (χ4n) is 2.17. The Kier molecular flexibility index (Phi) is 4.54. The van der Waals surface area contributed by atoms with Crippen LogP contribution in [0.1, 0.15) is 26.2 Å². The number of carbonyl (C=O) groups is 1. The van der Waals surface area contributed by atoms with Crippen molar-refractivity contribution in [3.8, 4) is 0 Å². The largest absolute Gasteiger partial charge is 0.469 e. The van der Waals surface area contributed by atoms with Crippen LogP contribution in [-0.4, -0.2) is 50.2 Å². The van der Waals surface area contributed by atoms with Crippen LogP contribution in [0.4, 0.5) is 0 Å². The van der Waals surface area contributed by atoms with Crippen LogP contribution < -0.4 is 5.32 Å². The average Bonchev–Trinajstić information content (AvgIpc) is 2.57. The predicted molar refractivity (Wildman–Crippen MR) is 59.8 cm³/mol. The Hall–Kier alpha value is -0.610. The lowest BCUT2D eigenvalue weighted by Crippen LogP contribution is -2.49. The Bertz CT molecular complexity index is 221. The van der Waals surface area contributed by atoms with Crippen molar-refractivity contribution in [3.05, 3.63) is 0 Å². The molecule has 1 fully saturated rings. The second-order valence-corrected chi connectivity index (χ2v) is 4.45. The molecule has 1 N–H and O–H groups in total.